The van der Waals surface area contributed by atoms with Crippen molar-refractivity contribution in [3.63, 3.8) is 0 Å². The van der Waals surface area contributed by atoms with Crippen LogP contribution >= 0.6 is 10.7 Å². The van der Waals surface area contributed by atoms with Crippen LogP contribution in [0.25, 0.3) is 0 Å². The maximum Gasteiger partial charge on any atom is 0.117 e. The molecule has 2 unspecified atom stereocenters. The van der Waals surface area contributed by atoms with Crippen LogP contribution in [-0.4, -0.2) is 23.2 Å². The van der Waals surface area contributed by atoms with E-state index in [1.165, 1.54) is 0 Å². The van der Waals surface area contributed by atoms with Crippen LogP contribution in [0.4, 0.5) is 0 Å². The van der Waals surface area contributed by atoms with Crippen LogP contribution in [-0.2, 0) is 14.7 Å². The first-order valence-electron chi connectivity index (χ1n) is 3.63. The Morgan fingerprint density at radius 2 is 2.09 bits per heavy atom. The van der Waals surface area contributed by atoms with Gasteiger partial charge in [-0.1, -0.05) is 13.8 Å². The van der Waals surface area contributed by atoms with Crippen molar-refractivity contribution in [2.24, 2.45) is 5.92 Å². The van der Waals surface area contributed by atoms with Crippen molar-refractivity contribution in [2.45, 2.75) is 26.4 Å². The SMILES string of the molecule is COC(CC(C)C)CS(=O)Cl. The Labute approximate surface area is 75.2 Å². The van der Waals surface area contributed by atoms with Gasteiger partial charge in [-0.05, 0) is 23.0 Å². The summed E-state index contributed by atoms with van der Waals surface area (Å²) in [6, 6.07) is 0. The van der Waals surface area contributed by atoms with Gasteiger partial charge in [0.25, 0.3) is 0 Å². The molecule has 0 aromatic heterocycles. The van der Waals surface area contributed by atoms with E-state index in [0.717, 1.165) is 6.42 Å². The van der Waals surface area contributed by atoms with E-state index in [-0.39, 0.29) is 6.10 Å². The van der Waals surface area contributed by atoms with Crippen LogP contribution in [0.2, 0.25) is 0 Å². The first-order valence-corrected chi connectivity index (χ1v) is 5.78. The second kappa shape index (κ2) is 5.98. The van der Waals surface area contributed by atoms with E-state index in [2.05, 4.69) is 13.8 Å². The lowest BCUT2D eigenvalue weighted by Gasteiger charge is -2.14. The highest BCUT2D eigenvalue weighted by molar-refractivity contribution is 8.08. The molecule has 0 aliphatic carbocycles. The zero-order chi connectivity index (χ0) is 8.85. The maximum absolute atomic E-state index is 10.6. The highest BCUT2D eigenvalue weighted by atomic mass is 35.7. The quantitative estimate of drug-likeness (QED) is 0.632. The largest absolute Gasteiger partial charge is 0.380 e. The lowest BCUT2D eigenvalue weighted by molar-refractivity contribution is 0.103. The van der Waals surface area contributed by atoms with E-state index in [9.17, 15) is 4.21 Å². The van der Waals surface area contributed by atoms with Crippen LogP contribution in [0.5, 0.6) is 0 Å². The van der Waals surface area contributed by atoms with Crippen LogP contribution in [0.15, 0.2) is 0 Å². The summed E-state index contributed by atoms with van der Waals surface area (Å²) in [5, 5.41) is 0. The molecule has 11 heavy (non-hydrogen) atoms. The average Bonchev–Trinajstić information content (AvgIpc) is 1.84. The van der Waals surface area contributed by atoms with Gasteiger partial charge in [0, 0.05) is 7.11 Å². The molecule has 0 aromatic carbocycles. The Balaban J connectivity index is 3.66. The first-order chi connectivity index (χ1) is 5.06. The van der Waals surface area contributed by atoms with Crippen molar-refractivity contribution in [2.75, 3.05) is 12.9 Å². The molecule has 0 saturated carbocycles. The number of rotatable bonds is 5. The molecule has 0 N–H and O–H groups in total. The second-order valence-corrected chi connectivity index (χ2v) is 4.89. The lowest BCUT2D eigenvalue weighted by atomic mass is 10.1. The van der Waals surface area contributed by atoms with Crippen molar-refractivity contribution >= 4 is 20.7 Å². The fourth-order valence-electron chi connectivity index (χ4n) is 0.904. The monoisotopic (exact) mass is 198 g/mol. The highest BCUT2D eigenvalue weighted by Gasteiger charge is 2.11. The Morgan fingerprint density at radius 1 is 1.55 bits per heavy atom. The average molecular weight is 199 g/mol. The molecule has 4 heteroatoms. The van der Waals surface area contributed by atoms with Crippen LogP contribution in [0.1, 0.15) is 20.3 Å². The third kappa shape index (κ3) is 6.78. The Bertz CT molecular complexity index is 128. The van der Waals surface area contributed by atoms with Gasteiger partial charge in [-0.15, -0.1) is 0 Å². The number of hydrogen-bond acceptors (Lipinski definition) is 2. The summed E-state index contributed by atoms with van der Waals surface area (Å²) in [5.74, 6) is 0.983. The Hall–Kier alpha value is 0.400. The standard InChI is InChI=1S/C7H15ClO2S/c1-6(2)4-7(10-3)5-11(8)9/h6-7H,4-5H2,1-3H3. The molecular weight excluding hydrogens is 184 g/mol. The molecule has 0 saturated heterocycles. The summed E-state index contributed by atoms with van der Waals surface area (Å²) >= 11 is 0. The third-order valence-corrected chi connectivity index (χ3v) is 2.40. The molecule has 0 heterocycles. The Kier molecular flexibility index (Phi) is 6.19. The molecule has 0 bridgehead atoms. The van der Waals surface area contributed by atoms with Crippen LogP contribution < -0.4 is 0 Å². The number of halogens is 1. The summed E-state index contributed by atoms with van der Waals surface area (Å²) < 4.78 is 15.7. The number of hydrogen-bond donors (Lipinski definition) is 0. The van der Waals surface area contributed by atoms with Gasteiger partial charge >= 0.3 is 0 Å². The third-order valence-electron chi connectivity index (χ3n) is 1.38. The molecular formula is C7H15ClO2S. The van der Waals surface area contributed by atoms with E-state index in [1.54, 1.807) is 7.11 Å². The van der Waals surface area contributed by atoms with Gasteiger partial charge in [0.05, 0.1) is 11.9 Å². The van der Waals surface area contributed by atoms with Crippen molar-refractivity contribution in [1.82, 2.24) is 0 Å². The predicted octanol–water partition coefficient (Wildman–Crippen LogP) is 1.95. The molecule has 0 aliphatic heterocycles. The van der Waals surface area contributed by atoms with Gasteiger partial charge < -0.3 is 4.74 Å². The van der Waals surface area contributed by atoms with Crippen molar-refractivity contribution < 1.29 is 8.95 Å². The first kappa shape index (κ1) is 11.4. The van der Waals surface area contributed by atoms with Gasteiger partial charge in [0.2, 0.25) is 0 Å². The van der Waals surface area contributed by atoms with Crippen molar-refractivity contribution in [3.05, 3.63) is 0 Å². The minimum Gasteiger partial charge on any atom is -0.380 e. The molecule has 68 valence electrons. The van der Waals surface area contributed by atoms with Gasteiger partial charge in [-0.3, -0.25) is 0 Å². The molecule has 0 amide bonds. The van der Waals surface area contributed by atoms with Crippen LogP contribution in [0.3, 0.4) is 0 Å². The molecule has 0 aliphatic rings. The normalized spacial score (nSPS) is 16.8. The summed E-state index contributed by atoms with van der Waals surface area (Å²) in [4.78, 5) is 0. The van der Waals surface area contributed by atoms with E-state index in [1.807, 2.05) is 0 Å². The summed E-state index contributed by atoms with van der Waals surface area (Å²) in [6.45, 7) is 4.20. The van der Waals surface area contributed by atoms with Crippen LogP contribution in [0, 0.1) is 5.92 Å². The molecule has 0 fully saturated rings. The Morgan fingerprint density at radius 3 is 2.36 bits per heavy atom. The van der Waals surface area contributed by atoms with E-state index in [4.69, 9.17) is 15.4 Å². The molecule has 2 atom stereocenters. The van der Waals surface area contributed by atoms with Gasteiger partial charge in [-0.2, -0.15) is 0 Å². The smallest absolute Gasteiger partial charge is 0.117 e. The maximum atomic E-state index is 10.6. The van der Waals surface area contributed by atoms with E-state index in [0.29, 0.717) is 11.7 Å². The molecule has 0 spiro atoms. The number of ether oxygens (including phenoxy) is 1. The fraction of sp³-hybridized carbons (Fsp3) is 1.00. The minimum atomic E-state index is -1.26. The van der Waals surface area contributed by atoms with Gasteiger partial charge in [-0.25, -0.2) is 4.21 Å². The summed E-state index contributed by atoms with van der Waals surface area (Å²) in [6.07, 6.45) is 0.947. The minimum absolute atomic E-state index is 0.0355. The highest BCUT2D eigenvalue weighted by Crippen LogP contribution is 2.09. The molecule has 0 aromatic rings. The van der Waals surface area contributed by atoms with Crippen molar-refractivity contribution in [3.8, 4) is 0 Å². The summed E-state index contributed by atoms with van der Waals surface area (Å²) in [7, 11) is 5.68. The van der Waals surface area contributed by atoms with Gasteiger partial charge in [0.1, 0.15) is 10.0 Å². The zero-order valence-electron chi connectivity index (χ0n) is 7.17. The van der Waals surface area contributed by atoms with Crippen molar-refractivity contribution in [1.29, 1.82) is 0 Å². The van der Waals surface area contributed by atoms with E-state index < -0.39 is 10.0 Å². The summed E-state index contributed by atoms with van der Waals surface area (Å²) in [5.41, 5.74) is 0. The lowest BCUT2D eigenvalue weighted by Crippen LogP contribution is -2.19. The number of methoxy groups -OCH3 is 1. The second-order valence-electron chi connectivity index (χ2n) is 2.94. The predicted molar refractivity (Wildman–Crippen MR) is 49.1 cm³/mol. The molecule has 0 rings (SSSR count). The fourth-order valence-corrected chi connectivity index (χ4v) is 1.89. The molecule has 2 nitrogen and oxygen atoms in total. The zero-order valence-corrected chi connectivity index (χ0v) is 8.74. The van der Waals surface area contributed by atoms with E-state index >= 15 is 0 Å². The molecule has 0 radical (unpaired) electrons. The topological polar surface area (TPSA) is 26.3 Å². The van der Waals surface area contributed by atoms with Gasteiger partial charge in [0.15, 0.2) is 0 Å².